The Morgan fingerprint density at radius 3 is 2.52 bits per heavy atom. The van der Waals surface area contributed by atoms with E-state index in [1.807, 2.05) is 0 Å². The van der Waals surface area contributed by atoms with Gasteiger partial charge in [-0.15, -0.1) is 0 Å². The molecule has 0 saturated carbocycles. The number of non-ortho nitro benzene ring substituents is 1. The maximum Gasteiger partial charge on any atom is 0.419 e. The van der Waals surface area contributed by atoms with Crippen molar-refractivity contribution in [2.45, 2.75) is 46.3 Å². The number of allylic oxidation sites excluding steroid dienone is 1. The molecule has 156 valence electrons. The van der Waals surface area contributed by atoms with E-state index in [-0.39, 0.29) is 29.1 Å². The van der Waals surface area contributed by atoms with Crippen LogP contribution in [0.1, 0.15) is 46.2 Å². The van der Waals surface area contributed by atoms with Gasteiger partial charge in [0.15, 0.2) is 0 Å². The average Bonchev–Trinajstić information content (AvgIpc) is 2.59. The molecule has 0 fully saturated rings. The van der Waals surface area contributed by atoms with Crippen LogP contribution in [0.3, 0.4) is 0 Å². The number of hydrogen-bond acceptors (Lipinski definition) is 7. The lowest BCUT2D eigenvalue weighted by Gasteiger charge is -2.36. The summed E-state index contributed by atoms with van der Waals surface area (Å²) in [5.41, 5.74) is -0.798. The van der Waals surface area contributed by atoms with Crippen molar-refractivity contribution in [2.75, 3.05) is 6.61 Å². The quantitative estimate of drug-likeness (QED) is 0.461. The molecule has 10 heteroatoms. The second kappa shape index (κ2) is 8.29. The number of imide groups is 1. The van der Waals surface area contributed by atoms with Gasteiger partial charge in [-0.1, -0.05) is 12.1 Å². The van der Waals surface area contributed by atoms with E-state index >= 15 is 0 Å². The van der Waals surface area contributed by atoms with E-state index in [2.05, 4.69) is 5.32 Å². The van der Waals surface area contributed by atoms with E-state index in [1.54, 1.807) is 27.7 Å². The summed E-state index contributed by atoms with van der Waals surface area (Å²) in [6.07, 6.45) is -0.999. The number of nitro benzene ring substituents is 1. The molecule has 0 spiro atoms. The lowest BCUT2D eigenvalue weighted by Crippen LogP contribution is -2.52. The standard InChI is InChI=1S/C19H23N3O7/c1-6-28-16(23)14-11(2)20-17(24)21(18(25)29-19(3,4)5)15(14)12-8-7-9-13(10-12)22(26)27/h7-10,15H,6H2,1-5H3,(H,20,24). The molecule has 1 unspecified atom stereocenters. The molecule has 1 aliphatic rings. The van der Waals surface area contributed by atoms with Gasteiger partial charge in [-0.25, -0.2) is 19.3 Å². The number of nitrogens with one attached hydrogen (secondary N) is 1. The number of carbonyl (C=O) groups is 3. The number of nitrogens with zero attached hydrogens (tertiary/aromatic N) is 2. The molecule has 0 aliphatic carbocycles. The predicted molar refractivity (Wildman–Crippen MR) is 102 cm³/mol. The zero-order valence-corrected chi connectivity index (χ0v) is 16.8. The van der Waals surface area contributed by atoms with Gasteiger partial charge < -0.3 is 14.8 Å². The van der Waals surface area contributed by atoms with Crippen LogP contribution in [0.25, 0.3) is 0 Å². The Bertz CT molecular complexity index is 886. The Hall–Kier alpha value is -3.43. The summed E-state index contributed by atoms with van der Waals surface area (Å²) in [6.45, 7) is 8.05. The molecule has 0 saturated heterocycles. The molecule has 2 rings (SSSR count). The highest BCUT2D eigenvalue weighted by Gasteiger charge is 2.44. The van der Waals surface area contributed by atoms with E-state index in [9.17, 15) is 24.5 Å². The number of nitro groups is 1. The van der Waals surface area contributed by atoms with Crippen LogP contribution in [-0.2, 0) is 14.3 Å². The van der Waals surface area contributed by atoms with Crippen molar-refractivity contribution in [1.82, 2.24) is 10.2 Å². The van der Waals surface area contributed by atoms with Gasteiger partial charge in [0.1, 0.15) is 11.6 Å². The second-order valence-electron chi connectivity index (χ2n) is 7.29. The van der Waals surface area contributed by atoms with Crippen LogP contribution in [-0.4, -0.2) is 40.1 Å². The number of benzene rings is 1. The van der Waals surface area contributed by atoms with E-state index < -0.39 is 34.7 Å². The summed E-state index contributed by atoms with van der Waals surface area (Å²) in [7, 11) is 0. The Labute approximate surface area is 167 Å². The summed E-state index contributed by atoms with van der Waals surface area (Å²) in [4.78, 5) is 49.4. The molecule has 0 aromatic heterocycles. The van der Waals surface area contributed by atoms with Crippen LogP contribution in [0.15, 0.2) is 35.5 Å². The van der Waals surface area contributed by atoms with Crippen LogP contribution >= 0.6 is 0 Å². The molecule has 29 heavy (non-hydrogen) atoms. The fraction of sp³-hybridized carbons (Fsp3) is 0.421. The summed E-state index contributed by atoms with van der Waals surface area (Å²) in [6, 6.07) is 3.29. The van der Waals surface area contributed by atoms with Crippen molar-refractivity contribution in [2.24, 2.45) is 0 Å². The third-order valence-corrected chi connectivity index (χ3v) is 3.93. The molecule has 1 aromatic carbocycles. The van der Waals surface area contributed by atoms with Crippen molar-refractivity contribution >= 4 is 23.8 Å². The van der Waals surface area contributed by atoms with Gasteiger partial charge in [0, 0.05) is 17.8 Å². The molecule has 1 atom stereocenters. The Morgan fingerprint density at radius 2 is 1.97 bits per heavy atom. The van der Waals surface area contributed by atoms with Crippen molar-refractivity contribution in [3.63, 3.8) is 0 Å². The number of ether oxygens (including phenoxy) is 2. The number of rotatable bonds is 4. The first-order valence-electron chi connectivity index (χ1n) is 8.91. The number of carbonyl (C=O) groups excluding carboxylic acids is 3. The monoisotopic (exact) mass is 405 g/mol. The third-order valence-electron chi connectivity index (χ3n) is 3.93. The van der Waals surface area contributed by atoms with Gasteiger partial charge in [0.25, 0.3) is 5.69 Å². The fourth-order valence-electron chi connectivity index (χ4n) is 2.84. The Kier molecular flexibility index (Phi) is 6.25. The second-order valence-corrected chi connectivity index (χ2v) is 7.29. The Balaban J connectivity index is 2.67. The first-order valence-corrected chi connectivity index (χ1v) is 8.91. The molecule has 0 bridgehead atoms. The number of hydrogen-bond donors (Lipinski definition) is 1. The molecule has 10 nitrogen and oxygen atoms in total. The van der Waals surface area contributed by atoms with Crippen molar-refractivity contribution < 1.29 is 28.8 Å². The van der Waals surface area contributed by atoms with Gasteiger partial charge in [-0.3, -0.25) is 10.1 Å². The molecule has 1 aromatic rings. The van der Waals surface area contributed by atoms with Gasteiger partial charge in [0.05, 0.1) is 17.1 Å². The average molecular weight is 405 g/mol. The van der Waals surface area contributed by atoms with Crippen molar-refractivity contribution in [3.8, 4) is 0 Å². The minimum absolute atomic E-state index is 0.0159. The highest BCUT2D eigenvalue weighted by Crippen LogP contribution is 2.36. The van der Waals surface area contributed by atoms with Gasteiger partial charge in [-0.2, -0.15) is 0 Å². The van der Waals surface area contributed by atoms with Crippen LogP contribution in [0.4, 0.5) is 15.3 Å². The lowest BCUT2D eigenvalue weighted by molar-refractivity contribution is -0.384. The smallest absolute Gasteiger partial charge is 0.419 e. The number of amides is 3. The van der Waals surface area contributed by atoms with Crippen LogP contribution in [0.5, 0.6) is 0 Å². The SMILES string of the molecule is CCOC(=O)C1=C(C)NC(=O)N(C(=O)OC(C)(C)C)C1c1cccc([N+](=O)[O-])c1. The summed E-state index contributed by atoms with van der Waals surface area (Å²) in [5.74, 6) is -0.755. The third kappa shape index (κ3) is 4.89. The lowest BCUT2D eigenvalue weighted by atomic mass is 9.93. The van der Waals surface area contributed by atoms with Crippen molar-refractivity contribution in [1.29, 1.82) is 0 Å². The molecular weight excluding hydrogens is 382 g/mol. The van der Waals surface area contributed by atoms with E-state index in [0.717, 1.165) is 4.90 Å². The first-order chi connectivity index (χ1) is 13.5. The van der Waals surface area contributed by atoms with Gasteiger partial charge in [-0.05, 0) is 40.2 Å². The van der Waals surface area contributed by atoms with E-state index in [4.69, 9.17) is 9.47 Å². The maximum atomic E-state index is 12.8. The van der Waals surface area contributed by atoms with Crippen LogP contribution in [0, 0.1) is 10.1 Å². The molecule has 3 amide bonds. The van der Waals surface area contributed by atoms with E-state index in [0.29, 0.717) is 0 Å². The topological polar surface area (TPSA) is 128 Å². The summed E-state index contributed by atoms with van der Waals surface area (Å²) >= 11 is 0. The zero-order valence-electron chi connectivity index (χ0n) is 16.8. The van der Waals surface area contributed by atoms with Crippen LogP contribution in [0.2, 0.25) is 0 Å². The normalized spacial score (nSPS) is 16.9. The number of esters is 1. The highest BCUT2D eigenvalue weighted by atomic mass is 16.6. The molecule has 1 aliphatic heterocycles. The molecule has 0 radical (unpaired) electrons. The first kappa shape index (κ1) is 21.9. The molecular formula is C19H23N3O7. The molecule has 1 heterocycles. The minimum Gasteiger partial charge on any atom is -0.463 e. The zero-order chi connectivity index (χ0) is 21.9. The largest absolute Gasteiger partial charge is 0.463 e. The predicted octanol–water partition coefficient (Wildman–Crippen LogP) is 3.43. The van der Waals surface area contributed by atoms with Gasteiger partial charge in [0.2, 0.25) is 0 Å². The van der Waals surface area contributed by atoms with Gasteiger partial charge >= 0.3 is 18.1 Å². The minimum atomic E-state index is -1.25. The van der Waals surface area contributed by atoms with Crippen LogP contribution < -0.4 is 5.32 Å². The fourth-order valence-corrected chi connectivity index (χ4v) is 2.84. The van der Waals surface area contributed by atoms with E-state index in [1.165, 1.54) is 31.2 Å². The summed E-state index contributed by atoms with van der Waals surface area (Å²) in [5, 5.41) is 13.7. The highest BCUT2D eigenvalue weighted by molar-refractivity contribution is 6.00. The van der Waals surface area contributed by atoms with Crippen molar-refractivity contribution in [3.05, 3.63) is 51.2 Å². The maximum absolute atomic E-state index is 12.8. The molecule has 1 N–H and O–H groups in total. The summed E-state index contributed by atoms with van der Waals surface area (Å²) < 4.78 is 10.4. The number of urea groups is 1. The Morgan fingerprint density at radius 1 is 1.31 bits per heavy atom.